The van der Waals surface area contributed by atoms with E-state index in [1.54, 1.807) is 0 Å². The summed E-state index contributed by atoms with van der Waals surface area (Å²) < 4.78 is 7.41. The molecule has 1 aromatic heterocycles. The van der Waals surface area contributed by atoms with Crippen molar-refractivity contribution >= 4 is 5.96 Å². The van der Waals surface area contributed by atoms with E-state index < -0.39 is 0 Å². The molecule has 8 nitrogen and oxygen atoms in total. The summed E-state index contributed by atoms with van der Waals surface area (Å²) in [5.41, 5.74) is 2.86. The van der Waals surface area contributed by atoms with Crippen LogP contribution in [0.25, 0.3) is 0 Å². The van der Waals surface area contributed by atoms with Gasteiger partial charge in [-0.05, 0) is 29.9 Å². The zero-order valence-corrected chi connectivity index (χ0v) is 20.3. The Hall–Kier alpha value is -2.45. The van der Waals surface area contributed by atoms with E-state index in [0.717, 1.165) is 70.0 Å². The van der Waals surface area contributed by atoms with Gasteiger partial charge in [0.15, 0.2) is 11.8 Å². The van der Waals surface area contributed by atoms with Crippen molar-refractivity contribution in [2.75, 3.05) is 45.9 Å². The lowest BCUT2D eigenvalue weighted by atomic mass is 9.86. The van der Waals surface area contributed by atoms with Gasteiger partial charge in [0.05, 0.1) is 13.2 Å². The molecule has 2 aromatic rings. The van der Waals surface area contributed by atoms with Gasteiger partial charge in [-0.2, -0.15) is 0 Å². The molecular weight excluding hydrogens is 402 g/mol. The number of guanidine groups is 1. The third-order valence-corrected chi connectivity index (χ3v) is 5.91. The van der Waals surface area contributed by atoms with E-state index >= 15 is 0 Å². The van der Waals surface area contributed by atoms with Crippen molar-refractivity contribution in [3.8, 4) is 0 Å². The monoisotopic (exact) mass is 441 g/mol. The molecule has 1 fully saturated rings. The fourth-order valence-electron chi connectivity index (χ4n) is 3.57. The molecule has 2 heterocycles. The smallest absolute Gasteiger partial charge is 0.191 e. The first-order valence-electron chi connectivity index (χ1n) is 11.6. The minimum atomic E-state index is 0.180. The zero-order chi connectivity index (χ0) is 23.0. The SMILES string of the molecule is Cc1nnc(CN=C(NCCc2ccc(C(C)(C)C)cc2)NCCN2CCOCC2)n1C. The maximum Gasteiger partial charge on any atom is 0.191 e. The van der Waals surface area contributed by atoms with Gasteiger partial charge >= 0.3 is 0 Å². The number of rotatable bonds is 8. The van der Waals surface area contributed by atoms with Crippen LogP contribution >= 0.6 is 0 Å². The summed E-state index contributed by atoms with van der Waals surface area (Å²) in [6, 6.07) is 8.93. The Morgan fingerprint density at radius 3 is 2.38 bits per heavy atom. The van der Waals surface area contributed by atoms with Crippen LogP contribution in [0.2, 0.25) is 0 Å². The highest BCUT2D eigenvalue weighted by Crippen LogP contribution is 2.22. The summed E-state index contributed by atoms with van der Waals surface area (Å²) in [5, 5.41) is 15.3. The molecule has 32 heavy (non-hydrogen) atoms. The van der Waals surface area contributed by atoms with Gasteiger partial charge in [0.1, 0.15) is 12.4 Å². The molecule has 0 unspecified atom stereocenters. The van der Waals surface area contributed by atoms with Crippen LogP contribution in [0.4, 0.5) is 0 Å². The maximum atomic E-state index is 5.44. The summed E-state index contributed by atoms with van der Waals surface area (Å²) in [6.07, 6.45) is 0.942. The van der Waals surface area contributed by atoms with Crippen molar-refractivity contribution in [1.29, 1.82) is 0 Å². The summed E-state index contributed by atoms with van der Waals surface area (Å²) in [4.78, 5) is 7.17. The average molecular weight is 442 g/mol. The number of benzene rings is 1. The molecule has 8 heteroatoms. The third-order valence-electron chi connectivity index (χ3n) is 5.91. The molecule has 1 aliphatic heterocycles. The Bertz CT molecular complexity index is 861. The number of aromatic nitrogens is 3. The molecule has 2 N–H and O–H groups in total. The van der Waals surface area contributed by atoms with Gasteiger partial charge in [-0.3, -0.25) is 4.90 Å². The van der Waals surface area contributed by atoms with Crippen molar-refractivity contribution in [2.45, 2.75) is 46.1 Å². The Morgan fingerprint density at radius 1 is 1.06 bits per heavy atom. The topological polar surface area (TPSA) is 79.6 Å². The van der Waals surface area contributed by atoms with Crippen molar-refractivity contribution in [2.24, 2.45) is 12.0 Å². The summed E-state index contributed by atoms with van der Waals surface area (Å²) in [6.45, 7) is 15.4. The number of hydrogen-bond donors (Lipinski definition) is 2. The van der Waals surface area contributed by atoms with Crippen molar-refractivity contribution in [3.05, 3.63) is 47.0 Å². The summed E-state index contributed by atoms with van der Waals surface area (Å²) in [5.74, 6) is 2.56. The summed E-state index contributed by atoms with van der Waals surface area (Å²) >= 11 is 0. The maximum absolute atomic E-state index is 5.44. The minimum absolute atomic E-state index is 0.180. The van der Waals surface area contributed by atoms with Gasteiger partial charge in [-0.25, -0.2) is 4.99 Å². The van der Waals surface area contributed by atoms with Crippen LogP contribution in [-0.2, 0) is 30.2 Å². The summed E-state index contributed by atoms with van der Waals surface area (Å²) in [7, 11) is 1.97. The van der Waals surface area contributed by atoms with Gasteiger partial charge in [0.2, 0.25) is 0 Å². The first-order chi connectivity index (χ1) is 15.3. The van der Waals surface area contributed by atoms with E-state index in [0.29, 0.717) is 6.54 Å². The first-order valence-corrected chi connectivity index (χ1v) is 11.6. The van der Waals surface area contributed by atoms with Crippen LogP contribution in [-0.4, -0.2) is 71.6 Å². The molecule has 176 valence electrons. The number of aliphatic imine (C=N–C) groups is 1. The minimum Gasteiger partial charge on any atom is -0.379 e. The van der Waals surface area contributed by atoms with Crippen molar-refractivity contribution in [3.63, 3.8) is 0 Å². The second-order valence-electron chi connectivity index (χ2n) is 9.39. The van der Waals surface area contributed by atoms with Gasteiger partial charge in [-0.1, -0.05) is 45.0 Å². The highest BCUT2D eigenvalue weighted by Gasteiger charge is 2.13. The van der Waals surface area contributed by atoms with E-state index in [2.05, 4.69) is 70.8 Å². The first kappa shape index (κ1) is 24.2. The van der Waals surface area contributed by atoms with Crippen LogP contribution in [0.1, 0.15) is 43.5 Å². The Labute approximate surface area is 192 Å². The van der Waals surface area contributed by atoms with Gasteiger partial charge in [-0.15, -0.1) is 10.2 Å². The van der Waals surface area contributed by atoms with Crippen molar-refractivity contribution in [1.82, 2.24) is 30.3 Å². The predicted octanol–water partition coefficient (Wildman–Crippen LogP) is 2.03. The van der Waals surface area contributed by atoms with Crippen LogP contribution in [0.15, 0.2) is 29.3 Å². The molecule has 0 atom stereocenters. The second kappa shape index (κ2) is 11.4. The van der Waals surface area contributed by atoms with Crippen LogP contribution in [0, 0.1) is 6.92 Å². The lowest BCUT2D eigenvalue weighted by Crippen LogP contribution is -2.44. The fraction of sp³-hybridized carbons (Fsp3) is 0.625. The third kappa shape index (κ3) is 7.31. The highest BCUT2D eigenvalue weighted by molar-refractivity contribution is 5.79. The molecule has 0 spiro atoms. The molecule has 0 saturated carbocycles. The zero-order valence-electron chi connectivity index (χ0n) is 20.3. The number of nitrogens with zero attached hydrogens (tertiary/aromatic N) is 5. The number of nitrogens with one attached hydrogen (secondary N) is 2. The molecular formula is C24H39N7O. The molecule has 1 aromatic carbocycles. The number of aryl methyl sites for hydroxylation is 1. The quantitative estimate of drug-likeness (QED) is 0.482. The number of hydrogen-bond acceptors (Lipinski definition) is 5. The Morgan fingerprint density at radius 2 is 1.75 bits per heavy atom. The average Bonchev–Trinajstić information content (AvgIpc) is 3.10. The van der Waals surface area contributed by atoms with Gasteiger partial charge in [0.25, 0.3) is 0 Å². The number of ether oxygens (including phenoxy) is 1. The van der Waals surface area contributed by atoms with E-state index in [4.69, 9.17) is 9.73 Å². The predicted molar refractivity (Wildman–Crippen MR) is 129 cm³/mol. The van der Waals surface area contributed by atoms with E-state index in [1.807, 2.05) is 18.5 Å². The molecule has 0 bridgehead atoms. The van der Waals surface area contributed by atoms with E-state index in [9.17, 15) is 0 Å². The molecule has 0 radical (unpaired) electrons. The van der Waals surface area contributed by atoms with Crippen LogP contribution in [0.5, 0.6) is 0 Å². The fourth-order valence-corrected chi connectivity index (χ4v) is 3.57. The normalized spacial score (nSPS) is 15.7. The Balaban J connectivity index is 1.54. The largest absolute Gasteiger partial charge is 0.379 e. The van der Waals surface area contributed by atoms with Crippen LogP contribution in [0.3, 0.4) is 0 Å². The standard InChI is InChI=1S/C24H39N7O/c1-19-28-29-22(30(19)5)18-27-23(26-12-13-31-14-16-32-17-15-31)25-11-10-20-6-8-21(9-7-20)24(2,3)4/h6-9H,10-18H2,1-5H3,(H2,25,26,27). The van der Waals surface area contributed by atoms with Gasteiger partial charge < -0.3 is 19.9 Å². The van der Waals surface area contributed by atoms with E-state index in [1.165, 1.54) is 11.1 Å². The molecule has 0 amide bonds. The lowest BCUT2D eigenvalue weighted by molar-refractivity contribution is 0.0389. The van der Waals surface area contributed by atoms with Gasteiger partial charge in [0, 0.05) is 39.8 Å². The lowest BCUT2D eigenvalue weighted by Gasteiger charge is -2.26. The van der Waals surface area contributed by atoms with Crippen LogP contribution < -0.4 is 10.6 Å². The van der Waals surface area contributed by atoms with Crippen molar-refractivity contribution < 1.29 is 4.74 Å². The molecule has 0 aliphatic carbocycles. The molecule has 1 saturated heterocycles. The Kier molecular flexibility index (Phi) is 8.64. The molecule has 1 aliphatic rings. The number of morpholine rings is 1. The van der Waals surface area contributed by atoms with E-state index in [-0.39, 0.29) is 5.41 Å². The second-order valence-corrected chi connectivity index (χ2v) is 9.39. The molecule has 3 rings (SSSR count). The highest BCUT2D eigenvalue weighted by atomic mass is 16.5.